The summed E-state index contributed by atoms with van der Waals surface area (Å²) in [6, 6.07) is 5.39. The van der Waals surface area contributed by atoms with E-state index in [9.17, 15) is 22.8 Å². The number of thiazole rings is 1. The van der Waals surface area contributed by atoms with Crippen molar-refractivity contribution in [3.8, 4) is 22.2 Å². The Hall–Kier alpha value is -3.75. The molecule has 278 valence electrons. The zero-order valence-corrected chi connectivity index (χ0v) is 32.1. The monoisotopic (exact) mass is 769 g/mol. The van der Waals surface area contributed by atoms with Crippen LogP contribution in [0.25, 0.3) is 21.6 Å². The number of ether oxygens (including phenoxy) is 2. The van der Waals surface area contributed by atoms with Gasteiger partial charge in [-0.15, -0.1) is 11.3 Å². The van der Waals surface area contributed by atoms with Gasteiger partial charge in [0, 0.05) is 36.3 Å². The van der Waals surface area contributed by atoms with Crippen LogP contribution < -0.4 is 19.5 Å². The van der Waals surface area contributed by atoms with Gasteiger partial charge in [0.1, 0.15) is 38.9 Å². The molecule has 0 unspecified atom stereocenters. The normalized spacial score (nSPS) is 26.8. The number of hydrogen-bond donors (Lipinski definition) is 2. The molecule has 7 rings (SSSR count). The Morgan fingerprint density at radius 2 is 1.90 bits per heavy atom. The van der Waals surface area contributed by atoms with E-state index in [4.69, 9.17) is 31.0 Å². The van der Waals surface area contributed by atoms with Crippen molar-refractivity contribution in [2.75, 3.05) is 20.7 Å². The number of fused-ring (bicyclic) bond motifs is 3. The van der Waals surface area contributed by atoms with Gasteiger partial charge < -0.3 is 19.7 Å². The van der Waals surface area contributed by atoms with Crippen molar-refractivity contribution in [1.29, 1.82) is 0 Å². The third-order valence-electron chi connectivity index (χ3n) is 10.7. The SMILES string of the molecule is COc1ccc2c(O[C@@H]3C[C@H]4C(=O)N[C@]5(C(=O)NS(=O)(=O)C6CC6)C[C@H]5C=CCCCCN(C)C(=O)[C@@H]4C3)cc(-c3nc(C(C)C)cs3)nc2c1Cl. The second kappa shape index (κ2) is 14.2. The van der Waals surface area contributed by atoms with Gasteiger partial charge in [0.05, 0.1) is 35.4 Å². The van der Waals surface area contributed by atoms with E-state index in [1.54, 1.807) is 18.0 Å². The zero-order valence-electron chi connectivity index (χ0n) is 29.7. The Balaban J connectivity index is 1.21. The lowest BCUT2D eigenvalue weighted by Gasteiger charge is -2.26. The first-order chi connectivity index (χ1) is 24.8. The summed E-state index contributed by atoms with van der Waals surface area (Å²) in [5, 5.41) is 6.02. The quantitative estimate of drug-likeness (QED) is 0.279. The predicted octanol–water partition coefficient (Wildman–Crippen LogP) is 5.60. The number of nitrogens with one attached hydrogen (secondary N) is 2. The Bertz CT molecular complexity index is 2050. The first-order valence-electron chi connectivity index (χ1n) is 17.9. The number of rotatable bonds is 8. The Morgan fingerprint density at radius 1 is 1.13 bits per heavy atom. The molecule has 0 spiro atoms. The van der Waals surface area contributed by atoms with Gasteiger partial charge in [-0.25, -0.2) is 18.4 Å². The molecule has 3 heterocycles. The molecular formula is C37H44ClN5O7S2. The summed E-state index contributed by atoms with van der Waals surface area (Å²) in [7, 11) is -0.553. The lowest BCUT2D eigenvalue weighted by atomic mass is 9.93. The van der Waals surface area contributed by atoms with Gasteiger partial charge in [-0.05, 0) is 69.4 Å². The molecule has 15 heteroatoms. The molecule has 2 aromatic heterocycles. The largest absolute Gasteiger partial charge is 0.495 e. The van der Waals surface area contributed by atoms with Gasteiger partial charge in [0.2, 0.25) is 21.8 Å². The molecule has 3 aromatic rings. The first kappa shape index (κ1) is 36.6. The smallest absolute Gasteiger partial charge is 0.259 e. The molecule has 3 fully saturated rings. The average Bonchev–Trinajstić information content (AvgIpc) is 3.98. The number of carbonyl (C=O) groups is 3. The van der Waals surface area contributed by atoms with Crippen LogP contribution in [0.15, 0.2) is 35.7 Å². The van der Waals surface area contributed by atoms with Crippen molar-refractivity contribution in [1.82, 2.24) is 24.9 Å². The number of nitrogens with zero attached hydrogens (tertiary/aromatic N) is 3. The third kappa shape index (κ3) is 7.13. The van der Waals surface area contributed by atoms with Crippen LogP contribution in [0.5, 0.6) is 11.5 Å². The number of amides is 3. The molecule has 3 aliphatic carbocycles. The highest BCUT2D eigenvalue weighted by Gasteiger charge is 2.62. The van der Waals surface area contributed by atoms with Crippen LogP contribution in [-0.4, -0.2) is 78.6 Å². The molecule has 5 atom stereocenters. The van der Waals surface area contributed by atoms with Crippen molar-refractivity contribution in [3.05, 3.63) is 46.4 Å². The molecule has 0 bridgehead atoms. The van der Waals surface area contributed by atoms with Crippen LogP contribution >= 0.6 is 22.9 Å². The summed E-state index contributed by atoms with van der Waals surface area (Å²) < 4.78 is 40.0. The van der Waals surface area contributed by atoms with Crippen LogP contribution in [0.1, 0.15) is 76.8 Å². The molecule has 4 aliphatic rings. The zero-order chi connectivity index (χ0) is 36.9. The molecule has 12 nitrogen and oxygen atoms in total. The van der Waals surface area contributed by atoms with Gasteiger partial charge >= 0.3 is 0 Å². The van der Waals surface area contributed by atoms with Gasteiger partial charge in [-0.2, -0.15) is 0 Å². The number of aromatic nitrogens is 2. The number of carbonyl (C=O) groups excluding carboxylic acids is 3. The van der Waals surface area contributed by atoms with Gasteiger partial charge in [0.25, 0.3) is 5.91 Å². The molecule has 1 aliphatic heterocycles. The molecule has 3 amide bonds. The lowest BCUT2D eigenvalue weighted by Crippen LogP contribution is -2.54. The van der Waals surface area contributed by atoms with E-state index in [1.807, 2.05) is 29.7 Å². The number of halogens is 1. The average molecular weight is 770 g/mol. The fourth-order valence-electron chi connectivity index (χ4n) is 7.31. The minimum absolute atomic E-state index is 0.168. The summed E-state index contributed by atoms with van der Waals surface area (Å²) in [4.78, 5) is 53.2. The number of pyridine rings is 1. The summed E-state index contributed by atoms with van der Waals surface area (Å²) in [6.07, 6.45) is 7.42. The fourth-order valence-corrected chi connectivity index (χ4v) is 9.90. The summed E-state index contributed by atoms with van der Waals surface area (Å²) >= 11 is 8.27. The minimum Gasteiger partial charge on any atom is -0.495 e. The van der Waals surface area contributed by atoms with E-state index >= 15 is 0 Å². The predicted molar refractivity (Wildman–Crippen MR) is 199 cm³/mol. The lowest BCUT2D eigenvalue weighted by molar-refractivity contribution is -0.140. The number of methoxy groups -OCH3 is 1. The van der Waals surface area contributed by atoms with Gasteiger partial charge in [-0.1, -0.05) is 37.6 Å². The van der Waals surface area contributed by atoms with E-state index < -0.39 is 50.6 Å². The third-order valence-corrected chi connectivity index (χ3v) is 13.8. The highest BCUT2D eigenvalue weighted by atomic mass is 35.5. The van der Waals surface area contributed by atoms with Gasteiger partial charge in [0.15, 0.2) is 0 Å². The first-order valence-corrected chi connectivity index (χ1v) is 20.7. The maximum atomic E-state index is 14.3. The van der Waals surface area contributed by atoms with E-state index in [0.29, 0.717) is 57.5 Å². The summed E-state index contributed by atoms with van der Waals surface area (Å²) in [5.74, 6) is -2.09. The van der Waals surface area contributed by atoms with Crippen molar-refractivity contribution < 1.29 is 32.3 Å². The number of allylic oxidation sites excluding steroid dienone is 1. The maximum absolute atomic E-state index is 14.3. The molecule has 52 heavy (non-hydrogen) atoms. The summed E-state index contributed by atoms with van der Waals surface area (Å²) in [5.41, 5.74) is 0.576. The van der Waals surface area contributed by atoms with Crippen LogP contribution in [0.2, 0.25) is 5.02 Å². The molecular weight excluding hydrogens is 726 g/mol. The minimum atomic E-state index is -3.84. The van der Waals surface area contributed by atoms with Crippen molar-refractivity contribution >= 4 is 61.6 Å². The van der Waals surface area contributed by atoms with Crippen molar-refractivity contribution in [2.45, 2.75) is 88.0 Å². The molecule has 0 radical (unpaired) electrons. The molecule has 0 saturated heterocycles. The highest BCUT2D eigenvalue weighted by molar-refractivity contribution is 7.91. The topological polar surface area (TPSA) is 157 Å². The number of sulfonamides is 1. The molecule has 1 aromatic carbocycles. The van der Waals surface area contributed by atoms with Crippen LogP contribution in [0.3, 0.4) is 0 Å². The standard InChI is InChI=1S/C37H44ClN5O7S2/c1-20(2)28-19-51-34(40-28)27-17-30(24-12-13-29(49-4)31(38)32(24)39-27)50-22-15-25-26(16-22)35(45)43(3)14-8-6-5-7-9-21-18-37(21,41-33(25)44)36(46)42-52(47,48)23-10-11-23/h7,9,12-13,17,19-23,25-26H,5-6,8,10-11,14-16,18H2,1-4H3,(H,41,44)(H,42,46)/t21-,22-,25-,26-,37-/m1/s1. The second-order valence-corrected chi connectivity index (χ2v) is 18.0. The maximum Gasteiger partial charge on any atom is 0.259 e. The number of benzene rings is 1. The van der Waals surface area contributed by atoms with Crippen molar-refractivity contribution in [3.63, 3.8) is 0 Å². The second-order valence-electron chi connectivity index (χ2n) is 14.8. The van der Waals surface area contributed by atoms with E-state index in [-0.39, 0.29) is 37.0 Å². The van der Waals surface area contributed by atoms with E-state index in [2.05, 4.69) is 23.9 Å². The van der Waals surface area contributed by atoms with Crippen LogP contribution in [-0.2, 0) is 24.4 Å². The van der Waals surface area contributed by atoms with Crippen molar-refractivity contribution in [2.24, 2.45) is 17.8 Å². The Kier molecular flexibility index (Phi) is 10.0. The van der Waals surface area contributed by atoms with Crippen LogP contribution in [0, 0.1) is 17.8 Å². The molecule has 3 saturated carbocycles. The summed E-state index contributed by atoms with van der Waals surface area (Å²) in [6.45, 7) is 4.69. The Labute approximate surface area is 312 Å². The fraction of sp³-hybridized carbons (Fsp3) is 0.541. The van der Waals surface area contributed by atoms with E-state index in [1.165, 1.54) is 18.4 Å². The highest BCUT2D eigenvalue weighted by Crippen LogP contribution is 2.47. The van der Waals surface area contributed by atoms with Gasteiger partial charge in [-0.3, -0.25) is 19.1 Å². The van der Waals surface area contributed by atoms with Crippen LogP contribution in [0.4, 0.5) is 0 Å². The molecule has 2 N–H and O–H groups in total. The Morgan fingerprint density at radius 3 is 2.62 bits per heavy atom. The van der Waals surface area contributed by atoms with E-state index in [0.717, 1.165) is 25.0 Å². The number of hydrogen-bond acceptors (Lipinski definition) is 10.